The molecule has 0 saturated heterocycles. The van der Waals surface area contributed by atoms with Crippen molar-refractivity contribution in [3.05, 3.63) is 0 Å². The SMILES string of the molecule is O=C([C@H](O)[C@@H](O)[C@H](O)[C@H](O)CO)S(=O)(=O)O.[Na]. The molecule has 1 radical (unpaired) electrons. The zero-order chi connectivity index (χ0) is 13.1. The molecule has 0 aliphatic rings. The fourth-order valence-corrected chi connectivity index (χ4v) is 1.26. The van der Waals surface area contributed by atoms with Gasteiger partial charge in [0.25, 0.3) is 0 Å². The van der Waals surface area contributed by atoms with Crippen LogP contribution in [0.1, 0.15) is 0 Å². The third-order valence-electron chi connectivity index (χ3n) is 1.75. The Labute approximate surface area is 119 Å². The Bertz CT molecular complexity index is 341. The van der Waals surface area contributed by atoms with Crippen LogP contribution < -0.4 is 0 Å². The van der Waals surface area contributed by atoms with E-state index >= 15 is 0 Å². The fraction of sp³-hybridized carbons (Fsp3) is 0.833. The van der Waals surface area contributed by atoms with Gasteiger partial charge in [-0.2, -0.15) is 8.42 Å². The number of hydrogen-bond acceptors (Lipinski definition) is 8. The van der Waals surface area contributed by atoms with Crippen molar-refractivity contribution in [3.8, 4) is 0 Å². The number of carbonyl (C=O) groups excluding carboxylic acids is 1. The van der Waals surface area contributed by atoms with Gasteiger partial charge in [-0.1, -0.05) is 0 Å². The van der Waals surface area contributed by atoms with Crippen LogP contribution in [0.5, 0.6) is 0 Å². The first-order chi connectivity index (χ1) is 7.12. The number of aliphatic hydroxyl groups is 5. The topological polar surface area (TPSA) is 173 Å². The van der Waals surface area contributed by atoms with Crippen molar-refractivity contribution in [1.82, 2.24) is 0 Å². The van der Waals surface area contributed by atoms with Gasteiger partial charge in [-0.15, -0.1) is 0 Å². The van der Waals surface area contributed by atoms with E-state index in [9.17, 15) is 13.2 Å². The maximum absolute atomic E-state index is 10.7. The molecule has 0 aromatic heterocycles. The van der Waals surface area contributed by atoms with Gasteiger partial charge in [-0.3, -0.25) is 9.35 Å². The number of rotatable bonds is 5. The van der Waals surface area contributed by atoms with E-state index in [2.05, 4.69) is 0 Å². The van der Waals surface area contributed by atoms with Gasteiger partial charge in [0, 0.05) is 29.6 Å². The van der Waals surface area contributed by atoms with E-state index in [0.29, 0.717) is 0 Å². The van der Waals surface area contributed by atoms with Gasteiger partial charge in [-0.25, -0.2) is 0 Å². The van der Waals surface area contributed by atoms with Gasteiger partial charge in [0.15, 0.2) is 6.10 Å². The van der Waals surface area contributed by atoms with E-state index < -0.39 is 46.3 Å². The molecule has 0 aliphatic carbocycles. The van der Waals surface area contributed by atoms with Crippen LogP contribution in [0.25, 0.3) is 0 Å². The molecule has 17 heavy (non-hydrogen) atoms. The van der Waals surface area contributed by atoms with Gasteiger partial charge in [0.05, 0.1) is 6.61 Å². The summed E-state index contributed by atoms with van der Waals surface area (Å²) in [5.74, 6) is 0. The molecule has 0 fully saturated rings. The smallest absolute Gasteiger partial charge is 0.331 e. The summed E-state index contributed by atoms with van der Waals surface area (Å²) in [7, 11) is -5.22. The molecule has 0 aromatic rings. The Morgan fingerprint density at radius 3 is 1.76 bits per heavy atom. The van der Waals surface area contributed by atoms with E-state index in [1.165, 1.54) is 0 Å². The summed E-state index contributed by atoms with van der Waals surface area (Å²) in [5.41, 5.74) is 0. The van der Waals surface area contributed by atoms with Gasteiger partial charge in [-0.05, 0) is 0 Å². The summed E-state index contributed by atoms with van der Waals surface area (Å²) < 4.78 is 28.8. The van der Waals surface area contributed by atoms with Crippen LogP contribution in [0.4, 0.5) is 0 Å². The zero-order valence-electron chi connectivity index (χ0n) is 8.83. The Morgan fingerprint density at radius 2 is 1.47 bits per heavy atom. The van der Waals surface area contributed by atoms with Gasteiger partial charge in [0.2, 0.25) is 0 Å². The number of aliphatic hydroxyl groups excluding tert-OH is 5. The van der Waals surface area contributed by atoms with Crippen molar-refractivity contribution in [2.75, 3.05) is 6.61 Å². The molecule has 0 saturated carbocycles. The first-order valence-corrected chi connectivity index (χ1v) is 5.41. The predicted molar refractivity (Wildman–Crippen MR) is 53.4 cm³/mol. The average Bonchev–Trinajstić information content (AvgIpc) is 2.22. The number of hydrogen-bond donors (Lipinski definition) is 6. The van der Waals surface area contributed by atoms with Crippen LogP contribution in [0.3, 0.4) is 0 Å². The second-order valence-corrected chi connectivity index (χ2v) is 4.32. The molecule has 0 aromatic carbocycles. The fourth-order valence-electron chi connectivity index (χ4n) is 0.814. The molecule has 6 N–H and O–H groups in total. The Hall–Kier alpha value is 0.380. The van der Waals surface area contributed by atoms with Crippen LogP contribution >= 0.6 is 0 Å². The maximum atomic E-state index is 10.7. The van der Waals surface area contributed by atoms with E-state index in [-0.39, 0.29) is 29.6 Å². The molecule has 0 heterocycles. The minimum atomic E-state index is -5.22. The standard InChI is InChI=1S/C6H12O9S.Na/c7-1-2(8)3(9)4(10)5(11)6(12)16(13,14)15;/h2-5,7-11H,1H2,(H,13,14,15);/t2-,3-,4+,5-;/m1./s1. The molecule has 4 atom stereocenters. The van der Waals surface area contributed by atoms with Gasteiger partial charge in [0.1, 0.15) is 18.3 Å². The molecule has 0 amide bonds. The van der Waals surface area contributed by atoms with Crippen LogP contribution in [-0.4, -0.2) is 104 Å². The summed E-state index contributed by atoms with van der Waals surface area (Å²) in [4.78, 5) is 10.7. The van der Waals surface area contributed by atoms with Crippen molar-refractivity contribution < 1.29 is 43.3 Å². The van der Waals surface area contributed by atoms with E-state index in [1.807, 2.05) is 0 Å². The van der Waals surface area contributed by atoms with Crippen LogP contribution in [0.2, 0.25) is 0 Å². The second-order valence-electron chi connectivity index (χ2n) is 2.97. The first kappa shape index (κ1) is 19.7. The minimum absolute atomic E-state index is 0. The second kappa shape index (κ2) is 7.74. The molecule has 0 rings (SSSR count). The van der Waals surface area contributed by atoms with E-state index in [4.69, 9.17) is 30.1 Å². The summed E-state index contributed by atoms with van der Waals surface area (Å²) in [5, 5.41) is 42.1. The van der Waals surface area contributed by atoms with Gasteiger partial charge >= 0.3 is 15.2 Å². The first-order valence-electron chi connectivity index (χ1n) is 3.97. The summed E-state index contributed by atoms with van der Waals surface area (Å²) >= 11 is 0. The van der Waals surface area contributed by atoms with Crippen molar-refractivity contribution >= 4 is 44.8 Å². The van der Waals surface area contributed by atoms with Crippen LogP contribution in [0.15, 0.2) is 0 Å². The molecular weight excluding hydrogens is 271 g/mol. The third-order valence-corrected chi connectivity index (χ3v) is 2.50. The average molecular weight is 283 g/mol. The van der Waals surface area contributed by atoms with Gasteiger partial charge < -0.3 is 25.5 Å². The van der Waals surface area contributed by atoms with Crippen LogP contribution in [-0.2, 0) is 14.9 Å². The predicted octanol–water partition coefficient (Wildman–Crippen LogP) is -4.54. The minimum Gasteiger partial charge on any atom is -0.394 e. The van der Waals surface area contributed by atoms with E-state index in [1.54, 1.807) is 0 Å². The third kappa shape index (κ3) is 5.70. The molecule has 11 heteroatoms. The summed E-state index contributed by atoms with van der Waals surface area (Å²) in [6.07, 6.45) is -9.02. The molecule has 0 spiro atoms. The van der Waals surface area contributed by atoms with Crippen molar-refractivity contribution in [1.29, 1.82) is 0 Å². The largest absolute Gasteiger partial charge is 0.394 e. The van der Waals surface area contributed by atoms with Crippen LogP contribution in [0, 0.1) is 0 Å². The van der Waals surface area contributed by atoms with E-state index in [0.717, 1.165) is 0 Å². The van der Waals surface area contributed by atoms with Crippen molar-refractivity contribution in [3.63, 3.8) is 0 Å². The molecule has 97 valence electrons. The Kier molecular flexibility index (Phi) is 8.97. The molecule has 0 aliphatic heterocycles. The molecule has 0 unspecified atom stereocenters. The summed E-state index contributed by atoms with van der Waals surface area (Å²) in [6, 6.07) is 0. The maximum Gasteiger partial charge on any atom is 0.331 e. The normalized spacial score (nSPS) is 18.7. The van der Waals surface area contributed by atoms with Crippen molar-refractivity contribution in [2.45, 2.75) is 24.4 Å². The Morgan fingerprint density at radius 1 is 1.06 bits per heavy atom. The quantitative estimate of drug-likeness (QED) is 0.214. The summed E-state index contributed by atoms with van der Waals surface area (Å²) in [6.45, 7) is -0.981. The molecular formula is C6H12NaO9S. The number of carbonyl (C=O) groups is 1. The van der Waals surface area contributed by atoms with Crippen molar-refractivity contribution in [2.24, 2.45) is 0 Å². The Balaban J connectivity index is 0. The monoisotopic (exact) mass is 283 g/mol. The molecule has 0 bridgehead atoms. The zero-order valence-corrected chi connectivity index (χ0v) is 11.6. The molecule has 9 nitrogen and oxygen atoms in total.